The van der Waals surface area contributed by atoms with Crippen LogP contribution in [0.1, 0.15) is 46.0 Å². The average Bonchev–Trinajstić information content (AvgIpc) is 2.09. The van der Waals surface area contributed by atoms with E-state index in [2.05, 4.69) is 19.2 Å². The molecule has 0 aromatic heterocycles. The minimum Gasteiger partial charge on any atom is -0.312 e. The molecular weight excluding hydrogens is 170 g/mol. The average molecular weight is 190 g/mol. The van der Waals surface area contributed by atoms with Crippen LogP contribution in [-0.2, 0) is 0 Å². The number of hydrogen-bond acceptors (Lipinski definition) is 1. The Morgan fingerprint density at radius 1 is 1.33 bits per heavy atom. The van der Waals surface area contributed by atoms with E-state index in [4.69, 9.17) is 11.6 Å². The highest BCUT2D eigenvalue weighted by atomic mass is 35.5. The minimum absolute atomic E-state index is 0.444. The highest BCUT2D eigenvalue weighted by Gasteiger charge is 2.19. The molecule has 0 spiro atoms. The molecule has 12 heavy (non-hydrogen) atoms. The Morgan fingerprint density at radius 3 is 2.42 bits per heavy atom. The second-order valence-corrected chi connectivity index (χ2v) is 4.54. The summed E-state index contributed by atoms with van der Waals surface area (Å²) in [6.07, 6.45) is 6.13. The molecule has 1 rings (SSSR count). The van der Waals surface area contributed by atoms with Gasteiger partial charge in [0.25, 0.3) is 0 Å². The monoisotopic (exact) mass is 189 g/mol. The molecule has 1 aliphatic carbocycles. The van der Waals surface area contributed by atoms with E-state index in [1.807, 2.05) is 0 Å². The van der Waals surface area contributed by atoms with Crippen molar-refractivity contribution in [3.8, 4) is 0 Å². The van der Waals surface area contributed by atoms with Gasteiger partial charge in [0.15, 0.2) is 0 Å². The third kappa shape index (κ3) is 3.32. The van der Waals surface area contributed by atoms with Crippen molar-refractivity contribution in [3.63, 3.8) is 0 Å². The molecule has 0 radical (unpaired) electrons. The van der Waals surface area contributed by atoms with E-state index in [1.165, 1.54) is 32.1 Å². The first-order valence-electron chi connectivity index (χ1n) is 5.12. The molecule has 1 atom stereocenters. The molecule has 0 aliphatic heterocycles. The van der Waals surface area contributed by atoms with Gasteiger partial charge in [-0.15, -0.1) is 11.6 Å². The topological polar surface area (TPSA) is 12.0 Å². The summed E-state index contributed by atoms with van der Waals surface area (Å²) in [6, 6.07) is 1.40. The first-order valence-corrected chi connectivity index (χ1v) is 5.56. The number of halogens is 1. The van der Waals surface area contributed by atoms with Crippen LogP contribution in [0, 0.1) is 0 Å². The van der Waals surface area contributed by atoms with Gasteiger partial charge in [0.2, 0.25) is 0 Å². The van der Waals surface area contributed by atoms with Gasteiger partial charge >= 0.3 is 0 Å². The largest absolute Gasteiger partial charge is 0.312 e. The van der Waals surface area contributed by atoms with E-state index in [9.17, 15) is 0 Å². The third-order valence-electron chi connectivity index (χ3n) is 2.79. The van der Waals surface area contributed by atoms with Gasteiger partial charge < -0.3 is 5.32 Å². The first-order chi connectivity index (χ1) is 5.72. The Kier molecular flexibility index (Phi) is 4.38. The Bertz CT molecular complexity index is 119. The summed E-state index contributed by atoms with van der Waals surface area (Å²) >= 11 is 6.02. The van der Waals surface area contributed by atoms with Gasteiger partial charge in [-0.1, -0.05) is 6.92 Å². The Labute approximate surface area is 80.9 Å². The number of hydrogen-bond donors (Lipinski definition) is 1. The SMILES string of the molecule is CCC(C)NC1CCC(Cl)CC1. The lowest BCUT2D eigenvalue weighted by atomic mass is 9.94. The Morgan fingerprint density at radius 2 is 1.92 bits per heavy atom. The summed E-state index contributed by atoms with van der Waals surface area (Å²) in [5.74, 6) is 0. The molecule has 1 saturated carbocycles. The standard InChI is InChI=1S/C10H20ClN/c1-3-8(2)12-10-6-4-9(11)5-7-10/h8-10,12H,3-7H2,1-2H3. The summed E-state index contributed by atoms with van der Waals surface area (Å²) in [5.41, 5.74) is 0. The fraction of sp³-hybridized carbons (Fsp3) is 1.00. The van der Waals surface area contributed by atoms with Crippen LogP contribution in [0.15, 0.2) is 0 Å². The van der Waals surface area contributed by atoms with Crippen molar-refractivity contribution < 1.29 is 0 Å². The summed E-state index contributed by atoms with van der Waals surface area (Å²) in [4.78, 5) is 0. The highest BCUT2D eigenvalue weighted by Crippen LogP contribution is 2.23. The molecule has 0 heterocycles. The molecule has 0 aromatic carbocycles. The molecule has 1 unspecified atom stereocenters. The van der Waals surface area contributed by atoms with Crippen molar-refractivity contribution in [2.24, 2.45) is 0 Å². The lowest BCUT2D eigenvalue weighted by molar-refractivity contribution is 0.343. The molecule has 1 N–H and O–H groups in total. The van der Waals surface area contributed by atoms with Gasteiger partial charge in [-0.3, -0.25) is 0 Å². The second-order valence-electron chi connectivity index (χ2n) is 3.92. The van der Waals surface area contributed by atoms with Crippen LogP contribution in [0.4, 0.5) is 0 Å². The van der Waals surface area contributed by atoms with Gasteiger partial charge in [0, 0.05) is 17.5 Å². The summed E-state index contributed by atoms with van der Waals surface area (Å²) in [6.45, 7) is 4.48. The summed E-state index contributed by atoms with van der Waals surface area (Å²) < 4.78 is 0. The molecule has 1 aliphatic rings. The number of nitrogens with one attached hydrogen (secondary N) is 1. The summed E-state index contributed by atoms with van der Waals surface area (Å²) in [7, 11) is 0. The zero-order chi connectivity index (χ0) is 8.97. The molecule has 0 saturated heterocycles. The van der Waals surface area contributed by atoms with Crippen molar-refractivity contribution in [2.45, 2.75) is 63.4 Å². The fourth-order valence-electron chi connectivity index (χ4n) is 1.74. The van der Waals surface area contributed by atoms with Crippen molar-refractivity contribution in [3.05, 3.63) is 0 Å². The van der Waals surface area contributed by atoms with Crippen molar-refractivity contribution in [1.29, 1.82) is 0 Å². The van der Waals surface area contributed by atoms with Crippen LogP contribution in [0.5, 0.6) is 0 Å². The van der Waals surface area contributed by atoms with Crippen molar-refractivity contribution in [2.75, 3.05) is 0 Å². The fourth-order valence-corrected chi connectivity index (χ4v) is 1.99. The van der Waals surface area contributed by atoms with Crippen LogP contribution in [0.2, 0.25) is 0 Å². The van der Waals surface area contributed by atoms with Gasteiger partial charge in [-0.25, -0.2) is 0 Å². The smallest absolute Gasteiger partial charge is 0.0337 e. The van der Waals surface area contributed by atoms with E-state index in [1.54, 1.807) is 0 Å². The van der Waals surface area contributed by atoms with E-state index in [0.717, 1.165) is 6.04 Å². The molecule has 0 aromatic rings. The normalized spacial score (nSPS) is 33.2. The predicted molar refractivity (Wildman–Crippen MR) is 54.8 cm³/mol. The third-order valence-corrected chi connectivity index (χ3v) is 3.23. The van der Waals surface area contributed by atoms with Crippen LogP contribution in [0.3, 0.4) is 0 Å². The first kappa shape index (κ1) is 10.3. The maximum Gasteiger partial charge on any atom is 0.0337 e. The zero-order valence-corrected chi connectivity index (χ0v) is 8.90. The number of rotatable bonds is 3. The van der Waals surface area contributed by atoms with Crippen molar-refractivity contribution >= 4 is 11.6 Å². The van der Waals surface area contributed by atoms with Gasteiger partial charge in [0.1, 0.15) is 0 Å². The van der Waals surface area contributed by atoms with Gasteiger partial charge in [-0.2, -0.15) is 0 Å². The number of alkyl halides is 1. The lowest BCUT2D eigenvalue weighted by Crippen LogP contribution is -2.38. The summed E-state index contributed by atoms with van der Waals surface area (Å²) in [5, 5.41) is 4.07. The zero-order valence-electron chi connectivity index (χ0n) is 8.15. The van der Waals surface area contributed by atoms with Crippen LogP contribution < -0.4 is 5.32 Å². The molecule has 1 fully saturated rings. The van der Waals surface area contributed by atoms with Gasteiger partial charge in [0.05, 0.1) is 0 Å². The van der Waals surface area contributed by atoms with Crippen LogP contribution in [0.25, 0.3) is 0 Å². The molecule has 72 valence electrons. The maximum atomic E-state index is 6.02. The van der Waals surface area contributed by atoms with Crippen molar-refractivity contribution in [1.82, 2.24) is 5.32 Å². The van der Waals surface area contributed by atoms with E-state index >= 15 is 0 Å². The predicted octanol–water partition coefficient (Wildman–Crippen LogP) is 2.92. The molecule has 1 nitrogen and oxygen atoms in total. The van der Waals surface area contributed by atoms with E-state index < -0.39 is 0 Å². The Hall–Kier alpha value is 0.250. The van der Waals surface area contributed by atoms with Crippen LogP contribution in [-0.4, -0.2) is 17.5 Å². The van der Waals surface area contributed by atoms with Gasteiger partial charge in [-0.05, 0) is 39.0 Å². The Balaban J connectivity index is 2.17. The molecular formula is C10H20ClN. The van der Waals surface area contributed by atoms with Crippen LogP contribution >= 0.6 is 11.6 Å². The highest BCUT2D eigenvalue weighted by molar-refractivity contribution is 6.20. The molecule has 2 heteroatoms. The lowest BCUT2D eigenvalue weighted by Gasteiger charge is -2.28. The van der Waals surface area contributed by atoms with E-state index in [0.29, 0.717) is 11.4 Å². The second kappa shape index (κ2) is 5.08. The quantitative estimate of drug-likeness (QED) is 0.674. The minimum atomic E-state index is 0.444. The molecule has 0 amide bonds. The maximum absolute atomic E-state index is 6.02. The van der Waals surface area contributed by atoms with E-state index in [-0.39, 0.29) is 0 Å². The molecule has 0 bridgehead atoms.